The minimum Gasteiger partial charge on any atom is -0.465 e. The standard InChI is InChI=1S/C12H10O4S/c1-16-12(13)11-8-7-10(17(11,14)15)9-5-3-2-4-6-9/h2-8H,1H3. The van der Waals surface area contributed by atoms with Crippen LogP contribution >= 0.6 is 0 Å². The number of benzene rings is 1. The third-order valence-electron chi connectivity index (χ3n) is 2.41. The molecule has 0 amide bonds. The molecule has 1 aliphatic heterocycles. The number of methoxy groups -OCH3 is 1. The highest BCUT2D eigenvalue weighted by Crippen LogP contribution is 2.32. The van der Waals surface area contributed by atoms with Crippen LogP contribution in [0.15, 0.2) is 47.4 Å². The molecule has 5 heteroatoms. The van der Waals surface area contributed by atoms with Gasteiger partial charge in [0, 0.05) is 0 Å². The van der Waals surface area contributed by atoms with Crippen LogP contribution in [0.4, 0.5) is 0 Å². The van der Waals surface area contributed by atoms with Gasteiger partial charge in [-0.3, -0.25) is 0 Å². The van der Waals surface area contributed by atoms with Gasteiger partial charge in [0.15, 0.2) is 4.91 Å². The molecule has 0 fully saturated rings. The molecule has 88 valence electrons. The molecular formula is C12H10O4S. The zero-order chi connectivity index (χ0) is 12.5. The molecule has 0 saturated carbocycles. The van der Waals surface area contributed by atoms with Crippen LogP contribution in [0.5, 0.6) is 0 Å². The number of rotatable bonds is 2. The molecule has 0 unspecified atom stereocenters. The number of hydrogen-bond donors (Lipinski definition) is 0. The number of carbonyl (C=O) groups is 1. The lowest BCUT2D eigenvalue weighted by Crippen LogP contribution is -2.13. The Morgan fingerprint density at radius 2 is 1.76 bits per heavy atom. The van der Waals surface area contributed by atoms with Gasteiger partial charge >= 0.3 is 5.97 Å². The second-order valence-corrected chi connectivity index (χ2v) is 5.31. The molecule has 2 rings (SSSR count). The van der Waals surface area contributed by atoms with E-state index >= 15 is 0 Å². The Kier molecular flexibility index (Phi) is 2.85. The summed E-state index contributed by atoms with van der Waals surface area (Å²) in [5.41, 5.74) is 0.558. The predicted molar refractivity (Wildman–Crippen MR) is 63.4 cm³/mol. The number of sulfone groups is 1. The Morgan fingerprint density at radius 3 is 2.35 bits per heavy atom. The molecule has 0 saturated heterocycles. The molecule has 1 aliphatic rings. The third kappa shape index (κ3) is 1.89. The molecule has 0 N–H and O–H groups in total. The highest BCUT2D eigenvalue weighted by atomic mass is 32.2. The summed E-state index contributed by atoms with van der Waals surface area (Å²) in [7, 11) is -2.59. The van der Waals surface area contributed by atoms with E-state index in [1.165, 1.54) is 12.2 Å². The summed E-state index contributed by atoms with van der Waals surface area (Å²) in [6.07, 6.45) is 2.68. The zero-order valence-electron chi connectivity index (χ0n) is 9.08. The molecule has 0 radical (unpaired) electrons. The molecule has 1 heterocycles. The fourth-order valence-electron chi connectivity index (χ4n) is 1.58. The van der Waals surface area contributed by atoms with Crippen molar-refractivity contribution < 1.29 is 17.9 Å². The van der Waals surface area contributed by atoms with Gasteiger partial charge in [0.25, 0.3) is 0 Å². The minimum absolute atomic E-state index is 0.124. The molecule has 17 heavy (non-hydrogen) atoms. The monoisotopic (exact) mass is 250 g/mol. The van der Waals surface area contributed by atoms with Crippen LogP contribution in [-0.2, 0) is 19.4 Å². The second-order valence-electron chi connectivity index (χ2n) is 3.42. The molecule has 1 aromatic rings. The van der Waals surface area contributed by atoms with E-state index in [2.05, 4.69) is 4.74 Å². The van der Waals surface area contributed by atoms with Crippen LogP contribution in [-0.4, -0.2) is 21.5 Å². The zero-order valence-corrected chi connectivity index (χ0v) is 9.90. The van der Waals surface area contributed by atoms with Crippen LogP contribution in [0.25, 0.3) is 4.91 Å². The van der Waals surface area contributed by atoms with Gasteiger partial charge in [-0.25, -0.2) is 13.2 Å². The molecule has 1 aromatic carbocycles. The first-order valence-electron chi connectivity index (χ1n) is 4.88. The molecule has 0 aliphatic carbocycles. The van der Waals surface area contributed by atoms with Crippen molar-refractivity contribution in [3.05, 3.63) is 53.0 Å². The minimum atomic E-state index is -3.74. The van der Waals surface area contributed by atoms with Crippen molar-refractivity contribution in [2.45, 2.75) is 0 Å². The average Bonchev–Trinajstić information content (AvgIpc) is 2.65. The number of esters is 1. The highest BCUT2D eigenvalue weighted by molar-refractivity contribution is 8.05. The summed E-state index contributed by atoms with van der Waals surface area (Å²) >= 11 is 0. The molecule has 0 bridgehead atoms. The Bertz CT molecular complexity index is 609. The normalized spacial score (nSPS) is 17.2. The van der Waals surface area contributed by atoms with Crippen LogP contribution in [0.3, 0.4) is 0 Å². The van der Waals surface area contributed by atoms with Crippen molar-refractivity contribution in [2.75, 3.05) is 7.11 Å². The third-order valence-corrected chi connectivity index (χ3v) is 4.24. The Hall–Kier alpha value is -1.88. The van der Waals surface area contributed by atoms with Crippen molar-refractivity contribution in [3.63, 3.8) is 0 Å². The lowest BCUT2D eigenvalue weighted by atomic mass is 10.2. The molecule has 0 spiro atoms. The van der Waals surface area contributed by atoms with E-state index in [9.17, 15) is 13.2 Å². The largest absolute Gasteiger partial charge is 0.465 e. The SMILES string of the molecule is COC(=O)C1=CC=C(c2ccccc2)S1(=O)=O. The number of ether oxygens (including phenoxy) is 1. The van der Waals surface area contributed by atoms with E-state index in [0.717, 1.165) is 7.11 Å². The summed E-state index contributed by atoms with van der Waals surface area (Å²) in [6, 6.07) is 8.62. The van der Waals surface area contributed by atoms with Gasteiger partial charge in [-0.2, -0.15) is 0 Å². The fraction of sp³-hybridized carbons (Fsp3) is 0.0833. The first-order valence-corrected chi connectivity index (χ1v) is 6.36. The Labute approximate surface area is 99.1 Å². The smallest absolute Gasteiger partial charge is 0.349 e. The van der Waals surface area contributed by atoms with Gasteiger partial charge in [-0.15, -0.1) is 0 Å². The van der Waals surface area contributed by atoms with E-state index in [-0.39, 0.29) is 9.81 Å². The van der Waals surface area contributed by atoms with Crippen LogP contribution < -0.4 is 0 Å². The Morgan fingerprint density at radius 1 is 1.12 bits per heavy atom. The molecule has 0 aromatic heterocycles. The number of hydrogen-bond acceptors (Lipinski definition) is 4. The van der Waals surface area contributed by atoms with E-state index in [0.29, 0.717) is 5.56 Å². The van der Waals surface area contributed by atoms with Crippen LogP contribution in [0.2, 0.25) is 0 Å². The van der Waals surface area contributed by atoms with Gasteiger partial charge < -0.3 is 4.74 Å². The lowest BCUT2D eigenvalue weighted by molar-refractivity contribution is -0.135. The van der Waals surface area contributed by atoms with Crippen molar-refractivity contribution in [1.29, 1.82) is 0 Å². The summed E-state index contributed by atoms with van der Waals surface area (Å²) in [5.74, 6) is -0.841. The number of carbonyl (C=O) groups excluding carboxylic acids is 1. The van der Waals surface area contributed by atoms with Gasteiger partial charge in [-0.05, 0) is 17.7 Å². The maximum Gasteiger partial charge on any atom is 0.349 e. The summed E-state index contributed by atoms with van der Waals surface area (Å²) in [4.78, 5) is 11.1. The second kappa shape index (κ2) is 4.18. The average molecular weight is 250 g/mol. The van der Waals surface area contributed by atoms with E-state index in [1.807, 2.05) is 0 Å². The van der Waals surface area contributed by atoms with Gasteiger partial charge in [0.2, 0.25) is 9.84 Å². The topological polar surface area (TPSA) is 60.4 Å². The molecule has 0 atom stereocenters. The van der Waals surface area contributed by atoms with Crippen molar-refractivity contribution >= 4 is 20.7 Å². The fourth-order valence-corrected chi connectivity index (χ4v) is 3.06. The summed E-state index contributed by atoms with van der Waals surface area (Å²) < 4.78 is 28.5. The molecular weight excluding hydrogens is 240 g/mol. The first kappa shape index (κ1) is 11.6. The van der Waals surface area contributed by atoms with E-state index in [4.69, 9.17) is 0 Å². The van der Waals surface area contributed by atoms with E-state index in [1.54, 1.807) is 30.3 Å². The number of allylic oxidation sites excluding steroid dienone is 2. The van der Waals surface area contributed by atoms with Gasteiger partial charge in [0.05, 0.1) is 12.0 Å². The lowest BCUT2D eigenvalue weighted by Gasteiger charge is -2.05. The van der Waals surface area contributed by atoms with Crippen LogP contribution in [0, 0.1) is 0 Å². The summed E-state index contributed by atoms with van der Waals surface area (Å²) in [6.45, 7) is 0. The van der Waals surface area contributed by atoms with E-state index < -0.39 is 15.8 Å². The maximum absolute atomic E-state index is 12.1. The Balaban J connectivity index is 2.43. The van der Waals surface area contributed by atoms with Crippen molar-refractivity contribution in [2.24, 2.45) is 0 Å². The summed E-state index contributed by atoms with van der Waals surface area (Å²) in [5, 5.41) is 0. The first-order chi connectivity index (χ1) is 8.07. The van der Waals surface area contributed by atoms with Gasteiger partial charge in [-0.1, -0.05) is 30.3 Å². The maximum atomic E-state index is 12.1. The van der Waals surface area contributed by atoms with Crippen LogP contribution in [0.1, 0.15) is 5.56 Å². The van der Waals surface area contributed by atoms with Crippen molar-refractivity contribution in [1.82, 2.24) is 0 Å². The van der Waals surface area contributed by atoms with Gasteiger partial charge in [0.1, 0.15) is 0 Å². The highest BCUT2D eigenvalue weighted by Gasteiger charge is 2.33. The predicted octanol–water partition coefficient (Wildman–Crippen LogP) is 1.51. The quantitative estimate of drug-likeness (QED) is 0.746. The molecule has 4 nitrogen and oxygen atoms in total. The van der Waals surface area contributed by atoms with Crippen molar-refractivity contribution in [3.8, 4) is 0 Å².